The summed E-state index contributed by atoms with van der Waals surface area (Å²) in [5.74, 6) is -0.437. The molecule has 0 bridgehead atoms. The summed E-state index contributed by atoms with van der Waals surface area (Å²) in [6.45, 7) is 4.54. The van der Waals surface area contributed by atoms with Gasteiger partial charge in [0.2, 0.25) is 0 Å². The van der Waals surface area contributed by atoms with E-state index in [0.29, 0.717) is 11.3 Å². The number of nitrogens with one attached hydrogen (secondary N) is 2. The van der Waals surface area contributed by atoms with Gasteiger partial charge in [0.05, 0.1) is 29.6 Å². The second-order valence-electron chi connectivity index (χ2n) is 7.17. The van der Waals surface area contributed by atoms with Crippen molar-refractivity contribution >= 4 is 23.4 Å². The Morgan fingerprint density at radius 2 is 1.90 bits per heavy atom. The van der Waals surface area contributed by atoms with Crippen molar-refractivity contribution in [2.24, 2.45) is 5.10 Å². The number of carbonyl (C=O) groups excluding carboxylic acids is 2. The van der Waals surface area contributed by atoms with E-state index in [1.54, 1.807) is 13.8 Å². The third-order valence-electron chi connectivity index (χ3n) is 5.20. The number of allylic oxidation sites excluding steroid dienone is 1. The second kappa shape index (κ2) is 8.41. The van der Waals surface area contributed by atoms with Crippen LogP contribution in [0.2, 0.25) is 0 Å². The summed E-state index contributed by atoms with van der Waals surface area (Å²) >= 11 is 0. The van der Waals surface area contributed by atoms with Gasteiger partial charge in [-0.05, 0) is 37.1 Å². The van der Waals surface area contributed by atoms with Crippen molar-refractivity contribution in [1.82, 2.24) is 10.6 Å². The number of amides is 2. The Hall–Kier alpha value is -3.61. The van der Waals surface area contributed by atoms with Gasteiger partial charge in [0, 0.05) is 18.7 Å². The fraction of sp³-hybridized carbons (Fsp3) is 0.261. The Kier molecular flexibility index (Phi) is 5.52. The van der Waals surface area contributed by atoms with Gasteiger partial charge in [-0.2, -0.15) is 5.10 Å². The Morgan fingerprint density at radius 3 is 2.60 bits per heavy atom. The molecule has 2 N–H and O–H groups in total. The number of benzene rings is 2. The lowest BCUT2D eigenvalue weighted by atomic mass is 9.95. The van der Waals surface area contributed by atoms with Crippen LogP contribution in [0.4, 0.5) is 10.5 Å². The van der Waals surface area contributed by atoms with E-state index in [2.05, 4.69) is 22.8 Å². The van der Waals surface area contributed by atoms with Gasteiger partial charge >= 0.3 is 12.0 Å². The lowest BCUT2D eigenvalue weighted by Gasteiger charge is -2.28. The first kappa shape index (κ1) is 19.7. The maximum atomic E-state index is 12.4. The number of hydrogen-bond acceptors (Lipinski definition) is 5. The van der Waals surface area contributed by atoms with Crippen LogP contribution in [0.1, 0.15) is 37.4 Å². The van der Waals surface area contributed by atoms with Gasteiger partial charge in [0.1, 0.15) is 0 Å². The van der Waals surface area contributed by atoms with Crippen LogP contribution in [-0.4, -0.2) is 30.9 Å². The second-order valence-corrected chi connectivity index (χ2v) is 7.17. The minimum Gasteiger partial charge on any atom is -0.463 e. The molecule has 2 aromatic rings. The average molecular weight is 404 g/mol. The van der Waals surface area contributed by atoms with Crippen molar-refractivity contribution in [2.45, 2.75) is 26.3 Å². The molecule has 0 saturated carbocycles. The van der Waals surface area contributed by atoms with E-state index in [-0.39, 0.29) is 12.6 Å². The van der Waals surface area contributed by atoms with Crippen LogP contribution in [0.3, 0.4) is 0 Å². The van der Waals surface area contributed by atoms with Gasteiger partial charge < -0.3 is 15.4 Å². The van der Waals surface area contributed by atoms with Gasteiger partial charge in [-0.3, -0.25) is 5.01 Å². The lowest BCUT2D eigenvalue weighted by molar-refractivity contribution is -0.139. The minimum absolute atomic E-state index is 0.270. The molecule has 0 aromatic heterocycles. The van der Waals surface area contributed by atoms with Crippen molar-refractivity contribution in [3.8, 4) is 0 Å². The molecule has 0 fully saturated rings. The van der Waals surface area contributed by atoms with Crippen LogP contribution >= 0.6 is 0 Å². The van der Waals surface area contributed by atoms with Gasteiger partial charge in [-0.25, -0.2) is 9.59 Å². The number of rotatable bonds is 5. The summed E-state index contributed by atoms with van der Waals surface area (Å²) in [6, 6.07) is 17.0. The third kappa shape index (κ3) is 3.91. The van der Waals surface area contributed by atoms with Crippen molar-refractivity contribution < 1.29 is 14.3 Å². The Bertz CT molecular complexity index is 1010. The molecule has 2 aromatic carbocycles. The number of hydrazone groups is 1. The van der Waals surface area contributed by atoms with Gasteiger partial charge in [-0.15, -0.1) is 0 Å². The Morgan fingerprint density at radius 1 is 1.17 bits per heavy atom. The highest BCUT2D eigenvalue weighted by molar-refractivity contribution is 6.02. The highest BCUT2D eigenvalue weighted by atomic mass is 16.5. The third-order valence-corrected chi connectivity index (χ3v) is 5.20. The van der Waals surface area contributed by atoms with E-state index in [1.807, 2.05) is 47.5 Å². The van der Waals surface area contributed by atoms with E-state index < -0.39 is 12.0 Å². The number of hydrogen-bond donors (Lipinski definition) is 2. The summed E-state index contributed by atoms with van der Waals surface area (Å²) in [6.07, 6.45) is 0.880. The van der Waals surface area contributed by atoms with Gasteiger partial charge in [0.15, 0.2) is 0 Å². The van der Waals surface area contributed by atoms with Crippen LogP contribution in [0.25, 0.3) is 0 Å². The number of esters is 1. The molecule has 2 amide bonds. The predicted molar refractivity (Wildman–Crippen MR) is 115 cm³/mol. The molecular weight excluding hydrogens is 380 g/mol. The lowest BCUT2D eigenvalue weighted by Crippen LogP contribution is -2.45. The van der Waals surface area contributed by atoms with Crippen LogP contribution in [0.5, 0.6) is 0 Å². The number of ether oxygens (including phenoxy) is 1. The molecule has 1 atom stereocenters. The van der Waals surface area contributed by atoms with Crippen molar-refractivity contribution in [3.05, 3.63) is 77.0 Å². The molecule has 4 rings (SSSR count). The number of urea groups is 1. The van der Waals surface area contributed by atoms with Crippen LogP contribution in [0, 0.1) is 0 Å². The average Bonchev–Trinajstić information content (AvgIpc) is 3.24. The Balaban J connectivity index is 1.57. The fourth-order valence-electron chi connectivity index (χ4n) is 3.74. The van der Waals surface area contributed by atoms with Crippen LogP contribution in [-0.2, 0) is 9.53 Å². The molecule has 0 spiro atoms. The number of anilines is 1. The smallest absolute Gasteiger partial charge is 0.338 e. The molecular formula is C23H24N4O3. The van der Waals surface area contributed by atoms with E-state index >= 15 is 0 Å². The summed E-state index contributed by atoms with van der Waals surface area (Å²) < 4.78 is 5.18. The molecule has 0 aliphatic carbocycles. The van der Waals surface area contributed by atoms with E-state index in [4.69, 9.17) is 9.84 Å². The molecule has 2 heterocycles. The first-order valence-corrected chi connectivity index (χ1v) is 10.0. The standard InChI is InChI=1S/C23H24N4O3/c1-3-30-22(28)20-15(2)24-23(29)25-21(20)17-9-11-18(12-10-17)27-14-13-19(26-27)16-7-5-4-6-8-16/h4-12,21H,3,13-14H2,1-2H3,(H2,24,25,29)/t21-/m0/s1. The zero-order chi connectivity index (χ0) is 21.1. The van der Waals surface area contributed by atoms with Crippen molar-refractivity contribution in [1.29, 1.82) is 0 Å². The number of carbonyl (C=O) groups is 2. The summed E-state index contributed by atoms with van der Waals surface area (Å²) in [5, 5.41) is 12.2. The first-order chi connectivity index (χ1) is 14.6. The SMILES string of the molecule is CCOC(=O)C1=C(C)NC(=O)N[C@H]1c1ccc(N2CCC(c3ccccc3)=N2)cc1. The molecule has 0 radical (unpaired) electrons. The zero-order valence-corrected chi connectivity index (χ0v) is 17.0. The topological polar surface area (TPSA) is 83.0 Å². The molecule has 30 heavy (non-hydrogen) atoms. The van der Waals surface area contributed by atoms with Crippen molar-refractivity contribution in [3.63, 3.8) is 0 Å². The first-order valence-electron chi connectivity index (χ1n) is 10.0. The summed E-state index contributed by atoms with van der Waals surface area (Å²) in [7, 11) is 0. The van der Waals surface area contributed by atoms with Crippen molar-refractivity contribution in [2.75, 3.05) is 18.2 Å². The molecule has 0 saturated heterocycles. The molecule has 2 aliphatic rings. The van der Waals surface area contributed by atoms with Crippen LogP contribution < -0.4 is 15.6 Å². The van der Waals surface area contributed by atoms with Gasteiger partial charge in [0.25, 0.3) is 0 Å². The molecule has 2 aliphatic heterocycles. The molecule has 0 unspecified atom stereocenters. The number of nitrogens with zero attached hydrogens (tertiary/aromatic N) is 2. The fourth-order valence-corrected chi connectivity index (χ4v) is 3.74. The highest BCUT2D eigenvalue weighted by Crippen LogP contribution is 2.30. The minimum atomic E-state index is -0.561. The predicted octanol–water partition coefficient (Wildman–Crippen LogP) is 3.49. The Labute approximate surface area is 175 Å². The molecule has 7 nitrogen and oxygen atoms in total. The normalized spacial score (nSPS) is 18.6. The largest absolute Gasteiger partial charge is 0.463 e. The zero-order valence-electron chi connectivity index (χ0n) is 17.0. The van der Waals surface area contributed by atoms with E-state index in [0.717, 1.165) is 35.5 Å². The molecule has 7 heteroatoms. The van der Waals surface area contributed by atoms with E-state index in [9.17, 15) is 9.59 Å². The summed E-state index contributed by atoms with van der Waals surface area (Å²) in [5.41, 5.74) is 4.88. The maximum Gasteiger partial charge on any atom is 0.338 e. The monoisotopic (exact) mass is 404 g/mol. The highest BCUT2D eigenvalue weighted by Gasteiger charge is 2.32. The van der Waals surface area contributed by atoms with Crippen LogP contribution in [0.15, 0.2) is 71.0 Å². The molecule has 154 valence electrons. The quantitative estimate of drug-likeness (QED) is 0.748. The summed E-state index contributed by atoms with van der Waals surface area (Å²) in [4.78, 5) is 24.4. The maximum absolute atomic E-state index is 12.4. The van der Waals surface area contributed by atoms with E-state index in [1.165, 1.54) is 0 Å². The van der Waals surface area contributed by atoms with Gasteiger partial charge in [-0.1, -0.05) is 42.5 Å².